The molecule has 0 amide bonds. The minimum atomic E-state index is -0.0415. The summed E-state index contributed by atoms with van der Waals surface area (Å²) in [6, 6.07) is 0. The topological polar surface area (TPSA) is 190 Å². The van der Waals surface area contributed by atoms with E-state index in [2.05, 4.69) is 337 Å². The van der Waals surface area contributed by atoms with Gasteiger partial charge >= 0.3 is 0 Å². The van der Waals surface area contributed by atoms with Crippen LogP contribution in [0.4, 0.5) is 0 Å². The van der Waals surface area contributed by atoms with Crippen molar-refractivity contribution in [2.75, 3.05) is 13.7 Å². The average Bonchev–Trinajstić information content (AvgIpc) is 1.62. The van der Waals surface area contributed by atoms with E-state index in [0.717, 1.165) is 122 Å². The number of hydrogen-bond donors (Lipinski definition) is 0. The van der Waals surface area contributed by atoms with E-state index in [1.165, 1.54) is 108 Å². The molecule has 118 heavy (non-hydrogen) atoms. The Hall–Kier alpha value is -5.44. The highest BCUT2D eigenvalue weighted by molar-refractivity contribution is 5.19. The van der Waals surface area contributed by atoms with E-state index in [1.54, 1.807) is 7.11 Å². The van der Waals surface area contributed by atoms with Crippen molar-refractivity contribution in [2.45, 2.75) is 451 Å². The maximum Gasteiger partial charge on any atom is 0.232 e. The first-order chi connectivity index (χ1) is 53.7. The Morgan fingerprint density at radius 3 is 0.907 bits per heavy atom. The molecule has 0 spiro atoms. The van der Waals surface area contributed by atoms with Crippen LogP contribution in [0.3, 0.4) is 0 Å². The van der Waals surface area contributed by atoms with Crippen molar-refractivity contribution in [1.29, 1.82) is 0 Å². The minimum absolute atomic E-state index is 0.0137. The van der Waals surface area contributed by atoms with E-state index >= 15 is 0 Å². The molecule has 0 aromatic carbocycles. The van der Waals surface area contributed by atoms with E-state index in [1.807, 2.05) is 70.3 Å². The van der Waals surface area contributed by atoms with Crippen molar-refractivity contribution >= 4 is 0 Å². The molecular weight excluding hydrogens is 1450 g/mol. The molecule has 13 rings (SSSR count). The molecule has 7 fully saturated rings. The van der Waals surface area contributed by atoms with Gasteiger partial charge in [0.25, 0.3) is 0 Å². The van der Waals surface area contributed by atoms with Gasteiger partial charge in [-0.1, -0.05) is 300 Å². The predicted molar refractivity (Wildman–Crippen MR) is 501 cm³/mol. The summed E-state index contributed by atoms with van der Waals surface area (Å²) in [6.07, 6.45) is 37.6. The molecule has 6 heterocycles. The lowest BCUT2D eigenvalue weighted by molar-refractivity contribution is 0.0724. The SMILES string of the molecule is CC(C)(C)c1nc(C2CC2)no1.CC(C)(C)c1ncc(C2CC2)cn1.CC(C)C(C)(C)C.CC(C)C(C)C1CC1.CC(C)C1(C)CC1.CC(C)CC1CC1.CC(C)c1noc(C(C)(C)C)n1.CCC1(C(C)(C)C)CC1.COCC1(C(C)(C)C)CC1.Cc1cnc(C(C)(C)C)nc1.Cc1cnc(C(C)(C)C)nc1.Cc1cnc(C(C)(C)C)nc1. The summed E-state index contributed by atoms with van der Waals surface area (Å²) in [6.45, 7) is 95.1. The summed E-state index contributed by atoms with van der Waals surface area (Å²) in [4.78, 5) is 42.9. The highest BCUT2D eigenvalue weighted by atomic mass is 16.5. The monoisotopic (exact) mass is 1640 g/mol. The Bertz CT molecular complexity index is 3480. The highest BCUT2D eigenvalue weighted by Gasteiger charge is 2.52. The molecular formula is C103H184N12O3. The van der Waals surface area contributed by atoms with Gasteiger partial charge in [0, 0.05) is 101 Å². The van der Waals surface area contributed by atoms with Crippen molar-refractivity contribution in [2.24, 2.45) is 73.9 Å². The van der Waals surface area contributed by atoms with Crippen LogP contribution in [0.2, 0.25) is 0 Å². The van der Waals surface area contributed by atoms with Crippen molar-refractivity contribution < 1.29 is 13.8 Å². The molecule has 6 aromatic heterocycles. The zero-order valence-electron chi connectivity index (χ0n) is 85.0. The molecule has 7 aliphatic rings. The van der Waals surface area contributed by atoms with Gasteiger partial charge in [0.05, 0.1) is 6.61 Å². The predicted octanol–water partition coefficient (Wildman–Crippen LogP) is 29.6. The molecule has 6 aromatic rings. The van der Waals surface area contributed by atoms with Crippen molar-refractivity contribution in [3.05, 3.63) is 119 Å². The van der Waals surface area contributed by atoms with E-state index < -0.39 is 0 Å². The van der Waals surface area contributed by atoms with Crippen LogP contribution in [-0.4, -0.2) is 73.9 Å². The zero-order chi connectivity index (χ0) is 91.0. The molecule has 674 valence electrons. The third-order valence-electron chi connectivity index (χ3n) is 24.4. The Morgan fingerprint density at radius 1 is 0.415 bits per heavy atom. The van der Waals surface area contributed by atoms with Gasteiger partial charge in [-0.2, -0.15) is 9.97 Å². The maximum absolute atomic E-state index is 5.20. The normalized spacial score (nSPS) is 17.2. The second-order valence-corrected chi connectivity index (χ2v) is 47.4. The molecule has 7 saturated carbocycles. The lowest BCUT2D eigenvalue weighted by atomic mass is 9.76. The average molecular weight is 1640 g/mol. The third-order valence-corrected chi connectivity index (χ3v) is 24.4. The number of methoxy groups -OCH3 is 1. The number of ether oxygens (including phenoxy) is 1. The summed E-state index contributed by atoms with van der Waals surface area (Å²) in [7, 11) is 1.80. The van der Waals surface area contributed by atoms with E-state index in [-0.39, 0.29) is 32.5 Å². The fourth-order valence-corrected chi connectivity index (χ4v) is 11.8. The molecule has 0 bridgehead atoms. The van der Waals surface area contributed by atoms with Gasteiger partial charge in [-0.25, -0.2) is 39.9 Å². The van der Waals surface area contributed by atoms with Crippen LogP contribution in [0.25, 0.3) is 0 Å². The first-order valence-electron chi connectivity index (χ1n) is 46.1. The van der Waals surface area contributed by atoms with Gasteiger partial charge < -0.3 is 13.8 Å². The standard InChI is InChI=1S/C11H16N2.C9H14N2O.C9H16N2O.3C9H14N2.C9H18O.C9H18.C8H16.2C7H14.C7H16/c1-11(2,3)10-12-6-9(7-13-10)8-4-5-8;1-9(2,3)8-10-7(11-12-8)6-4-5-6;1-6(2)7-10-8(12-11-7)9(3,4)5;3*1-7-5-10-8(11-6-7)9(2,3)4;1-8(2,3)9(5-6-9)7-10-4;1-5-9(6-7-9)8(2,3)4;1-6(2)7(3)8-4-5-8;1-6(2)7(3)4-5-7;1-6(2)5-7-3-4-7;1-6(2)7(3,4)5/h6-8H,4-5H2,1-3H3;6H,4-5H2,1-3H3;6H,1-5H3;3*5-6H,1-4H3;5-7H2,1-4H3;5-7H2,1-4H3;6-8H,4-5H2,1-3H3;6H,4-5H2,1-3H3;6-7H,3-5H2,1-2H3;6H,1-5H3. The number of aryl methyl sites for hydroxylation is 3. The van der Waals surface area contributed by atoms with Crippen molar-refractivity contribution in [3.63, 3.8) is 0 Å². The van der Waals surface area contributed by atoms with Crippen LogP contribution < -0.4 is 0 Å². The van der Waals surface area contributed by atoms with Gasteiger partial charge in [-0.05, 0) is 213 Å². The molecule has 15 heteroatoms. The van der Waals surface area contributed by atoms with E-state index in [0.29, 0.717) is 39.4 Å². The van der Waals surface area contributed by atoms with Crippen LogP contribution in [0.5, 0.6) is 0 Å². The van der Waals surface area contributed by atoms with Crippen LogP contribution in [0, 0.1) is 94.7 Å². The quantitative estimate of drug-likeness (QED) is 0.119. The first-order valence-corrected chi connectivity index (χ1v) is 46.1. The highest BCUT2D eigenvalue weighted by Crippen LogP contribution is 2.61. The smallest absolute Gasteiger partial charge is 0.232 e. The molecule has 1 unspecified atom stereocenters. The Kier molecular flexibility index (Phi) is 42.2. The molecule has 15 nitrogen and oxygen atoms in total. The van der Waals surface area contributed by atoms with Crippen LogP contribution in [-0.2, 0) is 37.2 Å². The Morgan fingerprint density at radius 2 is 0.746 bits per heavy atom. The summed E-state index contributed by atoms with van der Waals surface area (Å²) in [5, 5.41) is 7.85. The van der Waals surface area contributed by atoms with E-state index in [4.69, 9.17) is 13.8 Å². The zero-order valence-corrected chi connectivity index (χ0v) is 85.0. The summed E-state index contributed by atoms with van der Waals surface area (Å²) in [5.41, 5.74) is 8.33. The second kappa shape index (κ2) is 45.8. The number of nitrogens with zero attached hydrogens (tertiary/aromatic N) is 12. The maximum atomic E-state index is 5.20. The van der Waals surface area contributed by atoms with E-state index in [9.17, 15) is 0 Å². The van der Waals surface area contributed by atoms with Gasteiger partial charge in [-0.15, -0.1) is 0 Å². The summed E-state index contributed by atoms with van der Waals surface area (Å²) < 4.78 is 15.5. The Balaban J connectivity index is 0.000000439. The van der Waals surface area contributed by atoms with Gasteiger partial charge in [0.2, 0.25) is 11.8 Å². The first kappa shape index (κ1) is 109. The van der Waals surface area contributed by atoms with Gasteiger partial charge in [0.15, 0.2) is 11.6 Å². The summed E-state index contributed by atoms with van der Waals surface area (Å²) in [5.74, 6) is 15.3. The molecule has 0 saturated heterocycles. The van der Waals surface area contributed by atoms with Gasteiger partial charge in [-0.3, -0.25) is 0 Å². The largest absolute Gasteiger partial charge is 0.384 e. The van der Waals surface area contributed by atoms with Crippen LogP contribution in [0.1, 0.15) is 466 Å². The van der Waals surface area contributed by atoms with Crippen LogP contribution >= 0.6 is 0 Å². The second-order valence-electron chi connectivity index (χ2n) is 47.4. The lowest BCUT2D eigenvalue weighted by Gasteiger charge is -2.29. The molecule has 0 radical (unpaired) electrons. The molecule has 7 aliphatic carbocycles. The fourth-order valence-electron chi connectivity index (χ4n) is 11.8. The molecule has 1 atom stereocenters. The van der Waals surface area contributed by atoms with Crippen molar-refractivity contribution in [1.82, 2.24) is 60.2 Å². The lowest BCUT2D eigenvalue weighted by Crippen LogP contribution is -2.26. The summed E-state index contributed by atoms with van der Waals surface area (Å²) >= 11 is 0. The number of rotatable bonds is 11. The number of aromatic nitrogens is 12. The third kappa shape index (κ3) is 42.6. The minimum Gasteiger partial charge on any atom is -0.384 e. The molecule has 0 N–H and O–H groups in total. The molecule has 0 aliphatic heterocycles. The van der Waals surface area contributed by atoms with Gasteiger partial charge in [0.1, 0.15) is 23.3 Å². The van der Waals surface area contributed by atoms with Crippen LogP contribution in [0.15, 0.2) is 58.6 Å². The number of hydrogen-bond acceptors (Lipinski definition) is 15. The van der Waals surface area contributed by atoms with Crippen molar-refractivity contribution in [3.8, 4) is 0 Å². The fraction of sp³-hybridized carbons (Fsp3) is 0.806. The Labute approximate surface area is 726 Å².